The first kappa shape index (κ1) is 17.7. The minimum absolute atomic E-state index is 0.153. The lowest BCUT2D eigenvalue weighted by molar-refractivity contribution is -0.116. The monoisotopic (exact) mass is 369 g/mol. The Labute approximate surface area is 162 Å². The predicted molar refractivity (Wildman–Crippen MR) is 111 cm³/mol. The number of aromatic amines is 1. The normalized spacial score (nSPS) is 10.7. The zero-order valence-corrected chi connectivity index (χ0v) is 15.2. The van der Waals surface area contributed by atoms with E-state index in [9.17, 15) is 9.59 Å². The zero-order chi connectivity index (χ0) is 19.3. The number of aromatic nitrogens is 2. The largest absolute Gasteiger partial charge is 0.326 e. The maximum absolute atomic E-state index is 12.4. The number of rotatable bonds is 5. The van der Waals surface area contributed by atoms with Gasteiger partial charge in [0.05, 0.1) is 11.0 Å². The van der Waals surface area contributed by atoms with Crippen molar-refractivity contribution in [2.45, 2.75) is 12.8 Å². The summed E-state index contributed by atoms with van der Waals surface area (Å²) < 4.78 is 0. The third-order valence-electron chi connectivity index (χ3n) is 4.51. The minimum Gasteiger partial charge on any atom is -0.326 e. The molecule has 0 unspecified atom stereocenters. The van der Waals surface area contributed by atoms with Crippen molar-refractivity contribution in [2.75, 3.05) is 5.32 Å². The minimum atomic E-state index is -0.252. The highest BCUT2D eigenvalue weighted by Gasteiger charge is 2.09. The standard InChI is InChI=1S/C23H19N3O2/c27-22(14-13-21-23(28)26-20-12-5-4-11-19(20)25-21)24-18-10-6-9-17(15-18)16-7-2-1-3-8-16/h1-12,15H,13-14H2,(H,24,27)(H,26,28). The van der Waals surface area contributed by atoms with E-state index in [1.54, 1.807) is 6.07 Å². The van der Waals surface area contributed by atoms with Crippen LogP contribution in [0.4, 0.5) is 5.69 Å². The number of anilines is 1. The molecule has 0 fully saturated rings. The van der Waals surface area contributed by atoms with Crippen LogP contribution in [0.25, 0.3) is 22.2 Å². The number of carbonyl (C=O) groups is 1. The molecular formula is C23H19N3O2. The van der Waals surface area contributed by atoms with Crippen LogP contribution in [0.3, 0.4) is 0 Å². The Morgan fingerprint density at radius 3 is 2.50 bits per heavy atom. The van der Waals surface area contributed by atoms with Crippen molar-refractivity contribution in [3.05, 3.63) is 94.9 Å². The van der Waals surface area contributed by atoms with E-state index in [0.717, 1.165) is 16.8 Å². The highest BCUT2D eigenvalue weighted by atomic mass is 16.1. The van der Waals surface area contributed by atoms with Crippen molar-refractivity contribution >= 4 is 22.6 Å². The van der Waals surface area contributed by atoms with Gasteiger partial charge in [0.15, 0.2) is 0 Å². The molecule has 0 aliphatic carbocycles. The van der Waals surface area contributed by atoms with Gasteiger partial charge in [0.25, 0.3) is 5.56 Å². The fraction of sp³-hybridized carbons (Fsp3) is 0.0870. The molecule has 0 radical (unpaired) electrons. The topological polar surface area (TPSA) is 74.8 Å². The van der Waals surface area contributed by atoms with Crippen LogP contribution in [0.1, 0.15) is 12.1 Å². The van der Waals surface area contributed by atoms with E-state index in [1.807, 2.05) is 72.8 Å². The van der Waals surface area contributed by atoms with E-state index in [2.05, 4.69) is 15.3 Å². The number of aryl methyl sites for hydroxylation is 1. The second kappa shape index (κ2) is 7.88. The van der Waals surface area contributed by atoms with Gasteiger partial charge in [-0.1, -0.05) is 54.6 Å². The molecular weight excluding hydrogens is 350 g/mol. The number of carbonyl (C=O) groups excluding carboxylic acids is 1. The molecule has 1 amide bonds. The van der Waals surface area contributed by atoms with E-state index in [-0.39, 0.29) is 24.3 Å². The SMILES string of the molecule is O=C(CCc1nc2ccccc2[nH]c1=O)Nc1cccc(-c2ccccc2)c1. The van der Waals surface area contributed by atoms with E-state index in [0.29, 0.717) is 16.7 Å². The van der Waals surface area contributed by atoms with Gasteiger partial charge in [-0.15, -0.1) is 0 Å². The molecule has 3 aromatic carbocycles. The number of fused-ring (bicyclic) bond motifs is 1. The molecule has 0 aliphatic rings. The van der Waals surface area contributed by atoms with Crippen molar-refractivity contribution in [2.24, 2.45) is 0 Å². The molecule has 138 valence electrons. The molecule has 4 aromatic rings. The highest BCUT2D eigenvalue weighted by Crippen LogP contribution is 2.22. The molecule has 0 saturated heterocycles. The van der Waals surface area contributed by atoms with Gasteiger partial charge in [-0.05, 0) is 35.4 Å². The number of hydrogen-bond donors (Lipinski definition) is 2. The molecule has 0 aliphatic heterocycles. The van der Waals surface area contributed by atoms with Crippen LogP contribution in [-0.4, -0.2) is 15.9 Å². The van der Waals surface area contributed by atoms with E-state index < -0.39 is 0 Å². The van der Waals surface area contributed by atoms with Crippen LogP contribution < -0.4 is 10.9 Å². The molecule has 28 heavy (non-hydrogen) atoms. The predicted octanol–water partition coefficient (Wildman–Crippen LogP) is 4.16. The van der Waals surface area contributed by atoms with Crippen molar-refractivity contribution < 1.29 is 4.79 Å². The van der Waals surface area contributed by atoms with Crippen LogP contribution in [0.5, 0.6) is 0 Å². The number of para-hydroxylation sites is 2. The molecule has 1 heterocycles. The summed E-state index contributed by atoms with van der Waals surface area (Å²) in [5.41, 5.74) is 4.37. The third kappa shape index (κ3) is 3.99. The Morgan fingerprint density at radius 2 is 1.64 bits per heavy atom. The average Bonchev–Trinajstić information content (AvgIpc) is 2.73. The molecule has 0 spiro atoms. The molecule has 4 rings (SSSR count). The quantitative estimate of drug-likeness (QED) is 0.555. The smallest absolute Gasteiger partial charge is 0.270 e. The van der Waals surface area contributed by atoms with Gasteiger partial charge in [0.1, 0.15) is 5.69 Å². The van der Waals surface area contributed by atoms with Crippen molar-refractivity contribution in [1.82, 2.24) is 9.97 Å². The Hall–Kier alpha value is -3.73. The first-order valence-electron chi connectivity index (χ1n) is 9.12. The highest BCUT2D eigenvalue weighted by molar-refractivity contribution is 5.91. The molecule has 0 bridgehead atoms. The summed E-state index contributed by atoms with van der Waals surface area (Å²) in [7, 11) is 0. The summed E-state index contributed by atoms with van der Waals surface area (Å²) in [6, 6.07) is 25.0. The summed E-state index contributed by atoms with van der Waals surface area (Å²) >= 11 is 0. The van der Waals surface area contributed by atoms with E-state index in [4.69, 9.17) is 0 Å². The number of H-pyrrole nitrogens is 1. The number of hydrogen-bond acceptors (Lipinski definition) is 3. The lowest BCUT2D eigenvalue weighted by Crippen LogP contribution is -2.19. The second-order valence-corrected chi connectivity index (χ2v) is 6.52. The van der Waals surface area contributed by atoms with Gasteiger partial charge in [-0.2, -0.15) is 0 Å². The molecule has 5 heteroatoms. The number of nitrogens with zero attached hydrogens (tertiary/aromatic N) is 1. The van der Waals surface area contributed by atoms with Crippen LogP contribution >= 0.6 is 0 Å². The van der Waals surface area contributed by atoms with Gasteiger partial charge >= 0.3 is 0 Å². The lowest BCUT2D eigenvalue weighted by atomic mass is 10.1. The van der Waals surface area contributed by atoms with Gasteiger partial charge in [-0.25, -0.2) is 4.98 Å². The number of benzene rings is 3. The fourth-order valence-electron chi connectivity index (χ4n) is 3.10. The summed E-state index contributed by atoms with van der Waals surface area (Å²) in [6.07, 6.45) is 0.467. The number of amides is 1. The van der Waals surface area contributed by atoms with Crippen molar-refractivity contribution in [3.63, 3.8) is 0 Å². The van der Waals surface area contributed by atoms with Gasteiger partial charge < -0.3 is 10.3 Å². The van der Waals surface area contributed by atoms with Gasteiger partial charge in [0, 0.05) is 18.5 Å². The maximum Gasteiger partial charge on any atom is 0.270 e. The first-order valence-corrected chi connectivity index (χ1v) is 9.12. The maximum atomic E-state index is 12.4. The second-order valence-electron chi connectivity index (χ2n) is 6.52. The first-order chi connectivity index (χ1) is 13.7. The average molecular weight is 369 g/mol. The Kier molecular flexibility index (Phi) is 4.97. The molecule has 5 nitrogen and oxygen atoms in total. The zero-order valence-electron chi connectivity index (χ0n) is 15.2. The van der Waals surface area contributed by atoms with Crippen molar-refractivity contribution in [3.8, 4) is 11.1 Å². The molecule has 2 N–H and O–H groups in total. The van der Waals surface area contributed by atoms with Gasteiger partial charge in [-0.3, -0.25) is 9.59 Å². The summed E-state index contributed by atoms with van der Waals surface area (Å²) in [4.78, 5) is 31.7. The Bertz CT molecular complexity index is 1180. The van der Waals surface area contributed by atoms with Crippen LogP contribution in [0.2, 0.25) is 0 Å². The Morgan fingerprint density at radius 1 is 0.893 bits per heavy atom. The number of nitrogens with one attached hydrogen (secondary N) is 2. The molecule has 0 saturated carbocycles. The van der Waals surface area contributed by atoms with Crippen molar-refractivity contribution in [1.29, 1.82) is 0 Å². The fourth-order valence-corrected chi connectivity index (χ4v) is 3.10. The van der Waals surface area contributed by atoms with E-state index in [1.165, 1.54) is 0 Å². The van der Waals surface area contributed by atoms with Crippen LogP contribution in [-0.2, 0) is 11.2 Å². The van der Waals surface area contributed by atoms with Crippen LogP contribution in [0.15, 0.2) is 83.7 Å². The van der Waals surface area contributed by atoms with Gasteiger partial charge in [0.2, 0.25) is 5.91 Å². The van der Waals surface area contributed by atoms with E-state index >= 15 is 0 Å². The summed E-state index contributed by atoms with van der Waals surface area (Å²) in [5.74, 6) is -0.153. The van der Waals surface area contributed by atoms with Crippen LogP contribution in [0, 0.1) is 0 Å². The molecule has 1 aromatic heterocycles. The Balaban J connectivity index is 1.44. The third-order valence-corrected chi connectivity index (χ3v) is 4.51. The summed E-state index contributed by atoms with van der Waals surface area (Å²) in [5, 5.41) is 2.90. The lowest BCUT2D eigenvalue weighted by Gasteiger charge is -2.08. The molecule has 0 atom stereocenters. The summed E-state index contributed by atoms with van der Waals surface area (Å²) in [6.45, 7) is 0.